The van der Waals surface area contributed by atoms with Crippen LogP contribution in [0, 0.1) is 0 Å². The van der Waals surface area contributed by atoms with Crippen LogP contribution in [0.5, 0.6) is 11.5 Å². The maximum absolute atomic E-state index is 6.08. The van der Waals surface area contributed by atoms with Crippen LogP contribution >= 0.6 is 0 Å². The highest BCUT2D eigenvalue weighted by molar-refractivity contribution is 5.91. The summed E-state index contributed by atoms with van der Waals surface area (Å²) in [5.41, 5.74) is 7.35. The Balaban J connectivity index is 1.51. The van der Waals surface area contributed by atoms with Gasteiger partial charge in [-0.3, -0.25) is 0 Å². The van der Waals surface area contributed by atoms with Crippen molar-refractivity contribution in [2.75, 3.05) is 28.4 Å². The van der Waals surface area contributed by atoms with Gasteiger partial charge in [0, 0.05) is 16.5 Å². The highest BCUT2D eigenvalue weighted by atomic mass is 16.5. The lowest BCUT2D eigenvalue weighted by Crippen LogP contribution is -2.23. The van der Waals surface area contributed by atoms with E-state index in [2.05, 4.69) is 62.4 Å². The molecule has 0 aliphatic rings. The van der Waals surface area contributed by atoms with E-state index in [1.807, 2.05) is 109 Å². The number of benzene rings is 6. The number of rotatable bonds is 12. The predicted octanol–water partition coefficient (Wildman–Crippen LogP) is 11.0. The molecule has 6 heteroatoms. The van der Waals surface area contributed by atoms with E-state index >= 15 is 0 Å². The van der Waals surface area contributed by atoms with E-state index in [-0.39, 0.29) is 11.8 Å². The van der Waals surface area contributed by atoms with Gasteiger partial charge in [0.1, 0.15) is 11.5 Å². The number of hydrogen-bond donors (Lipinski definition) is 0. The predicted molar refractivity (Wildman–Crippen MR) is 216 cm³/mol. The van der Waals surface area contributed by atoms with E-state index in [1.54, 1.807) is 28.4 Å². The number of ether oxygens (including phenoxy) is 4. The van der Waals surface area contributed by atoms with Crippen molar-refractivity contribution in [3.63, 3.8) is 0 Å². The zero-order chi connectivity index (χ0) is 37.2. The Morgan fingerprint density at radius 2 is 0.792 bits per heavy atom. The van der Waals surface area contributed by atoms with Crippen LogP contribution in [0.25, 0.3) is 0 Å². The number of hydrogen-bond acceptors (Lipinski definition) is 6. The van der Waals surface area contributed by atoms with Gasteiger partial charge in [-0.25, -0.2) is 9.98 Å². The average Bonchev–Trinajstić information content (AvgIpc) is 3.21. The summed E-state index contributed by atoms with van der Waals surface area (Å²) in [6, 6.07) is 53.2. The normalized spacial score (nSPS) is 13.2. The molecule has 2 atom stereocenters. The number of methoxy groups -OCH3 is 4. The summed E-state index contributed by atoms with van der Waals surface area (Å²) in [5.74, 6) is 1.96. The Bertz CT molecular complexity index is 1990. The molecule has 0 saturated heterocycles. The Morgan fingerprint density at radius 3 is 1.11 bits per heavy atom. The average molecular weight is 703 g/mol. The minimum atomic E-state index is -0.460. The number of aliphatic imine (C=N–C) groups is 2. The van der Waals surface area contributed by atoms with Crippen molar-refractivity contribution in [2.24, 2.45) is 9.98 Å². The third-order valence-electron chi connectivity index (χ3n) is 9.69. The third-order valence-corrected chi connectivity index (χ3v) is 9.69. The van der Waals surface area contributed by atoms with Gasteiger partial charge in [0.25, 0.3) is 0 Å². The van der Waals surface area contributed by atoms with Crippen LogP contribution in [0.1, 0.15) is 59.1 Å². The maximum atomic E-state index is 6.08. The Labute approximate surface area is 313 Å². The van der Waals surface area contributed by atoms with Crippen LogP contribution in [-0.4, -0.2) is 40.2 Å². The van der Waals surface area contributed by atoms with Gasteiger partial charge in [0.2, 0.25) is 11.8 Å². The van der Waals surface area contributed by atoms with Crippen LogP contribution < -0.4 is 9.47 Å². The van der Waals surface area contributed by atoms with Gasteiger partial charge >= 0.3 is 0 Å². The molecule has 0 bridgehead atoms. The largest absolute Gasteiger partial charge is 0.496 e. The summed E-state index contributed by atoms with van der Waals surface area (Å²) < 4.78 is 24.2. The van der Waals surface area contributed by atoms with Crippen molar-refractivity contribution in [3.8, 4) is 11.5 Å². The Morgan fingerprint density at radius 1 is 0.453 bits per heavy atom. The molecule has 0 aliphatic heterocycles. The number of nitrogens with zero attached hydrogens (tertiary/aromatic N) is 2. The molecule has 0 fully saturated rings. The van der Waals surface area contributed by atoms with E-state index in [1.165, 1.54) is 0 Å². The fourth-order valence-electron chi connectivity index (χ4n) is 6.78. The fourth-order valence-corrected chi connectivity index (χ4v) is 6.78. The minimum Gasteiger partial charge on any atom is -0.496 e. The smallest absolute Gasteiger partial charge is 0.200 e. The quantitative estimate of drug-likeness (QED) is 0.0941. The monoisotopic (exact) mass is 702 g/mol. The first kappa shape index (κ1) is 36.6. The van der Waals surface area contributed by atoms with E-state index in [9.17, 15) is 0 Å². The van der Waals surface area contributed by atoms with Crippen LogP contribution in [0.4, 0.5) is 11.4 Å². The second-order valence-electron chi connectivity index (χ2n) is 13.2. The van der Waals surface area contributed by atoms with Gasteiger partial charge in [-0.05, 0) is 58.7 Å². The van der Waals surface area contributed by atoms with E-state index in [4.69, 9.17) is 28.9 Å². The highest BCUT2D eigenvalue weighted by Gasteiger charge is 2.32. The third kappa shape index (κ3) is 8.18. The molecule has 0 radical (unpaired) electrons. The molecule has 6 aromatic carbocycles. The minimum absolute atomic E-state index is 0.334. The van der Waals surface area contributed by atoms with E-state index in [0.717, 1.165) is 56.3 Å². The summed E-state index contributed by atoms with van der Waals surface area (Å²) in [6.45, 7) is 4.48. The molecule has 6 aromatic rings. The molecule has 268 valence electrons. The molecule has 53 heavy (non-hydrogen) atoms. The Hall–Kier alpha value is -6.14. The van der Waals surface area contributed by atoms with Gasteiger partial charge in [-0.15, -0.1) is 0 Å². The molecule has 2 unspecified atom stereocenters. The zero-order valence-corrected chi connectivity index (χ0v) is 31.2. The Kier molecular flexibility index (Phi) is 11.7. The molecule has 0 aliphatic carbocycles. The molecule has 6 rings (SSSR count). The van der Waals surface area contributed by atoms with Gasteiger partial charge in [0.15, 0.2) is 0 Å². The standard InChI is InChI=1S/C47H46N2O4/c1-47(2,35-27-29-41(50-3)39(31-35)43(33-19-11-7-12-20-33)45(52-5)48-37-23-15-9-16-24-37)36-28-30-42(51-4)40(32-36)44(34-21-13-8-14-22-34)46(53-6)49-38-25-17-10-18-26-38/h7-32,43-44H,1-6H3. The first-order valence-corrected chi connectivity index (χ1v) is 17.7. The number of para-hydroxylation sites is 2. The molecule has 0 heterocycles. The molecule has 0 aromatic heterocycles. The van der Waals surface area contributed by atoms with Gasteiger partial charge < -0.3 is 18.9 Å². The second kappa shape index (κ2) is 16.9. The molecular formula is C47H46N2O4. The van der Waals surface area contributed by atoms with Crippen molar-refractivity contribution in [3.05, 3.63) is 191 Å². The van der Waals surface area contributed by atoms with Gasteiger partial charge in [-0.2, -0.15) is 0 Å². The van der Waals surface area contributed by atoms with Crippen LogP contribution in [0.3, 0.4) is 0 Å². The zero-order valence-electron chi connectivity index (χ0n) is 31.2. The van der Waals surface area contributed by atoms with Gasteiger partial charge in [-0.1, -0.05) is 135 Å². The van der Waals surface area contributed by atoms with Crippen molar-refractivity contribution in [1.82, 2.24) is 0 Å². The molecule has 0 N–H and O–H groups in total. The summed E-state index contributed by atoms with van der Waals surface area (Å²) in [6.07, 6.45) is 0. The highest BCUT2D eigenvalue weighted by Crippen LogP contribution is 2.42. The summed E-state index contributed by atoms with van der Waals surface area (Å²) in [5, 5.41) is 0. The van der Waals surface area contributed by atoms with Crippen LogP contribution in [0.2, 0.25) is 0 Å². The first-order chi connectivity index (χ1) is 25.9. The molecule has 0 saturated carbocycles. The molecule has 6 nitrogen and oxygen atoms in total. The van der Waals surface area contributed by atoms with Crippen molar-refractivity contribution >= 4 is 23.2 Å². The summed E-state index contributed by atoms with van der Waals surface area (Å²) in [7, 11) is 6.76. The second-order valence-corrected chi connectivity index (χ2v) is 13.2. The molecular weight excluding hydrogens is 657 g/mol. The SMILES string of the molecule is COC(=Nc1ccccc1)C(c1ccccc1)c1cc(C(C)(C)c2ccc(OC)c(C(C(=Nc3ccccc3)OC)c3ccccc3)c2)ccc1OC. The van der Waals surface area contributed by atoms with Crippen LogP contribution in [0.15, 0.2) is 168 Å². The first-order valence-electron chi connectivity index (χ1n) is 17.7. The summed E-state index contributed by atoms with van der Waals surface area (Å²) in [4.78, 5) is 9.98. The fraction of sp³-hybridized carbons (Fsp3) is 0.191. The maximum Gasteiger partial charge on any atom is 0.200 e. The van der Waals surface area contributed by atoms with E-state index < -0.39 is 5.41 Å². The van der Waals surface area contributed by atoms with Crippen molar-refractivity contribution < 1.29 is 18.9 Å². The molecule has 0 spiro atoms. The summed E-state index contributed by atoms with van der Waals surface area (Å²) >= 11 is 0. The van der Waals surface area contributed by atoms with Crippen molar-refractivity contribution in [1.29, 1.82) is 0 Å². The van der Waals surface area contributed by atoms with Gasteiger partial charge in [0.05, 0.1) is 51.6 Å². The molecule has 0 amide bonds. The topological polar surface area (TPSA) is 61.6 Å². The lowest BCUT2D eigenvalue weighted by atomic mass is 9.75. The van der Waals surface area contributed by atoms with Crippen molar-refractivity contribution in [2.45, 2.75) is 31.1 Å². The van der Waals surface area contributed by atoms with Crippen LogP contribution in [-0.2, 0) is 14.9 Å². The lowest BCUT2D eigenvalue weighted by molar-refractivity contribution is 0.381. The van der Waals surface area contributed by atoms with E-state index in [0.29, 0.717) is 11.8 Å². The lowest BCUT2D eigenvalue weighted by Gasteiger charge is -2.30.